The van der Waals surface area contributed by atoms with E-state index in [-0.39, 0.29) is 5.56 Å². The van der Waals surface area contributed by atoms with E-state index in [9.17, 15) is 4.79 Å². The topological polar surface area (TPSA) is 25.2 Å². The molecular formula is C14H22N2O. The second kappa shape index (κ2) is 5.50. The standard InChI is InChI=1S/C14H22N2O/c1-12-6-5-10-16(14(12)17)11-8-13-7-3-4-9-15(13)2/h5-6,10,13H,3-4,7-9,11H2,1-2H3. The van der Waals surface area contributed by atoms with Crippen LogP contribution in [0, 0.1) is 6.92 Å². The molecule has 2 heterocycles. The second-order valence-electron chi connectivity index (χ2n) is 5.11. The number of aromatic nitrogens is 1. The van der Waals surface area contributed by atoms with E-state index in [1.165, 1.54) is 25.8 Å². The van der Waals surface area contributed by atoms with E-state index in [2.05, 4.69) is 11.9 Å². The summed E-state index contributed by atoms with van der Waals surface area (Å²) in [7, 11) is 2.20. The van der Waals surface area contributed by atoms with Crippen LogP contribution in [0.15, 0.2) is 23.1 Å². The van der Waals surface area contributed by atoms with Crippen LogP contribution < -0.4 is 5.56 Å². The molecule has 3 nitrogen and oxygen atoms in total. The van der Waals surface area contributed by atoms with E-state index in [1.807, 2.05) is 29.8 Å². The van der Waals surface area contributed by atoms with Crippen LogP contribution in [0.2, 0.25) is 0 Å². The molecule has 1 fully saturated rings. The Labute approximate surface area is 103 Å². The van der Waals surface area contributed by atoms with Crippen molar-refractivity contribution in [2.75, 3.05) is 13.6 Å². The highest BCUT2D eigenvalue weighted by Crippen LogP contribution is 2.17. The molecular weight excluding hydrogens is 212 g/mol. The van der Waals surface area contributed by atoms with Gasteiger partial charge < -0.3 is 9.47 Å². The third-order valence-corrected chi connectivity index (χ3v) is 3.84. The summed E-state index contributed by atoms with van der Waals surface area (Å²) in [4.78, 5) is 14.3. The fourth-order valence-electron chi connectivity index (χ4n) is 2.63. The van der Waals surface area contributed by atoms with Gasteiger partial charge in [-0.3, -0.25) is 4.79 Å². The summed E-state index contributed by atoms with van der Waals surface area (Å²) in [5, 5.41) is 0. The van der Waals surface area contributed by atoms with Crippen LogP contribution in [0.3, 0.4) is 0 Å². The molecule has 0 amide bonds. The van der Waals surface area contributed by atoms with Gasteiger partial charge in [-0.1, -0.05) is 12.5 Å². The summed E-state index contributed by atoms with van der Waals surface area (Å²) in [5.41, 5.74) is 0.996. The number of hydrogen-bond acceptors (Lipinski definition) is 2. The smallest absolute Gasteiger partial charge is 0.253 e. The van der Waals surface area contributed by atoms with Gasteiger partial charge in [0.15, 0.2) is 0 Å². The summed E-state index contributed by atoms with van der Waals surface area (Å²) in [6, 6.07) is 4.49. The number of nitrogens with zero attached hydrogens (tertiary/aromatic N) is 2. The van der Waals surface area contributed by atoms with Crippen LogP contribution in [-0.2, 0) is 6.54 Å². The van der Waals surface area contributed by atoms with Gasteiger partial charge in [-0.2, -0.15) is 0 Å². The summed E-state index contributed by atoms with van der Waals surface area (Å²) in [5.74, 6) is 0. The molecule has 1 aliphatic heterocycles. The molecule has 1 saturated heterocycles. The van der Waals surface area contributed by atoms with Crippen molar-refractivity contribution in [3.63, 3.8) is 0 Å². The largest absolute Gasteiger partial charge is 0.315 e. The molecule has 0 aromatic carbocycles. The van der Waals surface area contributed by atoms with Gasteiger partial charge in [0.05, 0.1) is 0 Å². The van der Waals surface area contributed by atoms with Gasteiger partial charge in [0.1, 0.15) is 0 Å². The predicted octanol–water partition coefficient (Wildman–Crippen LogP) is 2.03. The SMILES string of the molecule is Cc1cccn(CCC2CCCCN2C)c1=O. The quantitative estimate of drug-likeness (QED) is 0.799. The number of likely N-dealkylation sites (tertiary alicyclic amines) is 1. The molecule has 0 aliphatic carbocycles. The van der Waals surface area contributed by atoms with Crippen molar-refractivity contribution in [1.29, 1.82) is 0 Å². The molecule has 94 valence electrons. The average Bonchev–Trinajstić information content (AvgIpc) is 2.33. The van der Waals surface area contributed by atoms with E-state index in [0.717, 1.165) is 18.5 Å². The van der Waals surface area contributed by atoms with Crippen molar-refractivity contribution in [1.82, 2.24) is 9.47 Å². The Morgan fingerprint density at radius 1 is 1.41 bits per heavy atom. The van der Waals surface area contributed by atoms with Gasteiger partial charge in [0.25, 0.3) is 5.56 Å². The molecule has 17 heavy (non-hydrogen) atoms. The Hall–Kier alpha value is -1.09. The molecule has 0 bridgehead atoms. The maximum Gasteiger partial charge on any atom is 0.253 e. The molecule has 0 N–H and O–H groups in total. The Balaban J connectivity index is 1.97. The zero-order chi connectivity index (χ0) is 12.3. The summed E-state index contributed by atoms with van der Waals surface area (Å²) >= 11 is 0. The van der Waals surface area contributed by atoms with Crippen LogP contribution in [-0.4, -0.2) is 29.1 Å². The fraction of sp³-hybridized carbons (Fsp3) is 0.643. The van der Waals surface area contributed by atoms with Crippen molar-refractivity contribution in [2.24, 2.45) is 0 Å². The molecule has 1 aromatic rings. The van der Waals surface area contributed by atoms with E-state index < -0.39 is 0 Å². The van der Waals surface area contributed by atoms with Gasteiger partial charge in [-0.05, 0) is 45.8 Å². The van der Waals surface area contributed by atoms with Gasteiger partial charge >= 0.3 is 0 Å². The highest BCUT2D eigenvalue weighted by Gasteiger charge is 2.18. The Bertz CT molecular complexity index is 424. The molecule has 1 aromatic heterocycles. The highest BCUT2D eigenvalue weighted by atomic mass is 16.1. The zero-order valence-corrected chi connectivity index (χ0v) is 10.9. The lowest BCUT2D eigenvalue weighted by Gasteiger charge is -2.32. The molecule has 3 heteroatoms. The van der Waals surface area contributed by atoms with Gasteiger partial charge in [0, 0.05) is 24.3 Å². The highest BCUT2D eigenvalue weighted by molar-refractivity contribution is 5.07. The van der Waals surface area contributed by atoms with Crippen LogP contribution in [0.25, 0.3) is 0 Å². The van der Waals surface area contributed by atoms with Crippen LogP contribution >= 0.6 is 0 Å². The Morgan fingerprint density at radius 3 is 3.00 bits per heavy atom. The number of rotatable bonds is 3. The average molecular weight is 234 g/mol. The first-order chi connectivity index (χ1) is 8.18. The molecule has 1 unspecified atom stereocenters. The normalized spacial score (nSPS) is 21.6. The third-order valence-electron chi connectivity index (χ3n) is 3.84. The number of aryl methyl sites for hydroxylation is 2. The minimum atomic E-state index is 0.158. The van der Waals surface area contributed by atoms with Crippen molar-refractivity contribution >= 4 is 0 Å². The monoisotopic (exact) mass is 234 g/mol. The molecule has 2 rings (SSSR count). The summed E-state index contributed by atoms with van der Waals surface area (Å²) in [6.07, 6.45) is 6.91. The van der Waals surface area contributed by atoms with Crippen molar-refractivity contribution in [3.8, 4) is 0 Å². The zero-order valence-electron chi connectivity index (χ0n) is 10.9. The lowest BCUT2D eigenvalue weighted by molar-refractivity contribution is 0.170. The van der Waals surface area contributed by atoms with E-state index in [1.54, 1.807) is 0 Å². The van der Waals surface area contributed by atoms with Crippen LogP contribution in [0.5, 0.6) is 0 Å². The molecule has 0 saturated carbocycles. The Morgan fingerprint density at radius 2 is 2.24 bits per heavy atom. The first kappa shape index (κ1) is 12.4. The van der Waals surface area contributed by atoms with E-state index in [4.69, 9.17) is 0 Å². The maximum absolute atomic E-state index is 11.9. The molecule has 0 spiro atoms. The van der Waals surface area contributed by atoms with Crippen molar-refractivity contribution in [3.05, 3.63) is 34.2 Å². The van der Waals surface area contributed by atoms with Crippen molar-refractivity contribution in [2.45, 2.75) is 45.2 Å². The summed E-state index contributed by atoms with van der Waals surface area (Å²) < 4.78 is 1.85. The minimum absolute atomic E-state index is 0.158. The summed E-state index contributed by atoms with van der Waals surface area (Å²) in [6.45, 7) is 3.93. The lowest BCUT2D eigenvalue weighted by Crippen LogP contribution is -2.37. The first-order valence-corrected chi connectivity index (χ1v) is 6.55. The maximum atomic E-state index is 11.9. The molecule has 1 aliphatic rings. The van der Waals surface area contributed by atoms with Gasteiger partial charge in [-0.25, -0.2) is 0 Å². The minimum Gasteiger partial charge on any atom is -0.315 e. The number of piperidine rings is 1. The Kier molecular flexibility index (Phi) is 4.00. The van der Waals surface area contributed by atoms with Gasteiger partial charge in [-0.15, -0.1) is 0 Å². The predicted molar refractivity (Wildman–Crippen MR) is 70.3 cm³/mol. The molecule has 1 atom stereocenters. The van der Waals surface area contributed by atoms with Crippen LogP contribution in [0.1, 0.15) is 31.2 Å². The van der Waals surface area contributed by atoms with Crippen molar-refractivity contribution < 1.29 is 0 Å². The number of pyridine rings is 1. The fourth-order valence-corrected chi connectivity index (χ4v) is 2.63. The van der Waals surface area contributed by atoms with Gasteiger partial charge in [0.2, 0.25) is 0 Å². The molecule has 0 radical (unpaired) electrons. The van der Waals surface area contributed by atoms with E-state index >= 15 is 0 Å². The number of hydrogen-bond donors (Lipinski definition) is 0. The first-order valence-electron chi connectivity index (χ1n) is 6.55. The van der Waals surface area contributed by atoms with E-state index in [0.29, 0.717) is 6.04 Å². The second-order valence-corrected chi connectivity index (χ2v) is 5.11. The third kappa shape index (κ3) is 2.97. The lowest BCUT2D eigenvalue weighted by atomic mass is 10.0. The van der Waals surface area contributed by atoms with Crippen LogP contribution in [0.4, 0.5) is 0 Å².